The molecule has 1 atom stereocenters. The number of methoxy groups -OCH3 is 2. The molecule has 0 spiro atoms. The second-order valence-electron chi connectivity index (χ2n) is 8.13. The molecule has 170 valence electrons. The number of fused-ring (bicyclic) bond motifs is 1. The predicted molar refractivity (Wildman–Crippen MR) is 125 cm³/mol. The number of amides is 1. The van der Waals surface area contributed by atoms with Crippen molar-refractivity contribution in [2.75, 3.05) is 14.2 Å². The molecule has 0 saturated carbocycles. The molecule has 0 bridgehead atoms. The van der Waals surface area contributed by atoms with Crippen molar-refractivity contribution in [2.24, 2.45) is 11.7 Å². The zero-order valence-electron chi connectivity index (χ0n) is 19.3. The van der Waals surface area contributed by atoms with Crippen LogP contribution in [-0.2, 0) is 17.9 Å². The number of nitrogens with zero attached hydrogens (tertiary/aromatic N) is 1. The number of benzene rings is 2. The molecule has 0 unspecified atom stereocenters. The number of pyridine rings is 1. The molecule has 0 aliphatic heterocycles. The maximum absolute atomic E-state index is 11.8. The van der Waals surface area contributed by atoms with Gasteiger partial charge in [-0.05, 0) is 30.5 Å². The zero-order chi connectivity index (χ0) is 23.3. The van der Waals surface area contributed by atoms with Crippen LogP contribution < -0.4 is 25.3 Å². The number of hydrogen-bond donors (Lipinski definition) is 2. The van der Waals surface area contributed by atoms with E-state index in [-0.39, 0.29) is 11.8 Å². The summed E-state index contributed by atoms with van der Waals surface area (Å²) in [7, 11) is 3.19. The van der Waals surface area contributed by atoms with E-state index in [2.05, 4.69) is 5.32 Å². The Kier molecular flexibility index (Phi) is 7.53. The number of rotatable bonds is 10. The molecule has 1 aromatic heterocycles. The SMILES string of the molecule is COc1cc2cc(CN[C@H](C(N)=O)C(C)C)c(OCc3ccc(C)cc3)nc2cc1OC. The minimum Gasteiger partial charge on any atom is -0.493 e. The van der Waals surface area contributed by atoms with Gasteiger partial charge in [0.1, 0.15) is 6.61 Å². The average molecular weight is 438 g/mol. The van der Waals surface area contributed by atoms with E-state index in [0.29, 0.717) is 30.5 Å². The number of aromatic nitrogens is 1. The molecule has 1 heterocycles. The van der Waals surface area contributed by atoms with Crippen molar-refractivity contribution >= 4 is 16.8 Å². The topological polar surface area (TPSA) is 95.7 Å². The first-order chi connectivity index (χ1) is 15.3. The molecule has 0 radical (unpaired) electrons. The number of aryl methyl sites for hydroxylation is 1. The van der Waals surface area contributed by atoms with Crippen molar-refractivity contribution in [3.8, 4) is 17.4 Å². The van der Waals surface area contributed by atoms with E-state index >= 15 is 0 Å². The Bertz CT molecular complexity index is 1080. The van der Waals surface area contributed by atoms with Crippen molar-refractivity contribution in [2.45, 2.75) is 40.0 Å². The monoisotopic (exact) mass is 437 g/mol. The first kappa shape index (κ1) is 23.3. The van der Waals surface area contributed by atoms with Crippen LogP contribution in [0.3, 0.4) is 0 Å². The number of hydrogen-bond acceptors (Lipinski definition) is 6. The zero-order valence-corrected chi connectivity index (χ0v) is 19.3. The molecule has 0 fully saturated rings. The molecule has 3 N–H and O–H groups in total. The quantitative estimate of drug-likeness (QED) is 0.502. The van der Waals surface area contributed by atoms with Gasteiger partial charge in [0.15, 0.2) is 11.5 Å². The molecule has 0 aliphatic carbocycles. The maximum Gasteiger partial charge on any atom is 0.234 e. The second kappa shape index (κ2) is 10.3. The number of primary amides is 1. The number of nitrogens with one attached hydrogen (secondary N) is 1. The van der Waals surface area contributed by atoms with E-state index in [9.17, 15) is 4.79 Å². The van der Waals surface area contributed by atoms with E-state index in [1.54, 1.807) is 14.2 Å². The summed E-state index contributed by atoms with van der Waals surface area (Å²) in [5.74, 6) is 1.37. The number of ether oxygens (including phenoxy) is 3. The molecular weight excluding hydrogens is 406 g/mol. The second-order valence-corrected chi connectivity index (χ2v) is 8.13. The van der Waals surface area contributed by atoms with Gasteiger partial charge in [-0.1, -0.05) is 43.7 Å². The third kappa shape index (κ3) is 5.48. The normalized spacial score (nSPS) is 12.1. The highest BCUT2D eigenvalue weighted by Gasteiger charge is 2.20. The summed E-state index contributed by atoms with van der Waals surface area (Å²) in [5, 5.41) is 4.12. The number of carbonyl (C=O) groups is 1. The summed E-state index contributed by atoms with van der Waals surface area (Å²) in [4.78, 5) is 16.6. The highest BCUT2D eigenvalue weighted by molar-refractivity contribution is 5.84. The van der Waals surface area contributed by atoms with Gasteiger partial charge in [0.05, 0.1) is 25.8 Å². The molecule has 2 aromatic carbocycles. The summed E-state index contributed by atoms with van der Waals surface area (Å²) < 4.78 is 17.0. The Morgan fingerprint density at radius 1 is 1.06 bits per heavy atom. The highest BCUT2D eigenvalue weighted by Crippen LogP contribution is 2.33. The third-order valence-electron chi connectivity index (χ3n) is 5.34. The van der Waals surface area contributed by atoms with Gasteiger partial charge in [0.2, 0.25) is 11.8 Å². The highest BCUT2D eigenvalue weighted by atomic mass is 16.5. The minimum absolute atomic E-state index is 0.0576. The lowest BCUT2D eigenvalue weighted by Crippen LogP contribution is -2.44. The smallest absolute Gasteiger partial charge is 0.234 e. The van der Waals surface area contributed by atoms with Gasteiger partial charge in [0, 0.05) is 23.6 Å². The fourth-order valence-electron chi connectivity index (χ4n) is 3.50. The molecule has 3 aromatic rings. The predicted octanol–water partition coefficient (Wildman–Crippen LogP) is 3.74. The van der Waals surface area contributed by atoms with Crippen molar-refractivity contribution in [1.82, 2.24) is 10.3 Å². The van der Waals surface area contributed by atoms with Crippen molar-refractivity contribution in [3.05, 3.63) is 59.2 Å². The van der Waals surface area contributed by atoms with E-state index in [4.69, 9.17) is 24.9 Å². The lowest BCUT2D eigenvalue weighted by molar-refractivity contribution is -0.121. The number of carbonyl (C=O) groups excluding carboxylic acids is 1. The summed E-state index contributed by atoms with van der Waals surface area (Å²) in [6, 6.07) is 13.4. The van der Waals surface area contributed by atoms with Crippen LogP contribution in [-0.4, -0.2) is 31.2 Å². The molecule has 7 nitrogen and oxygen atoms in total. The van der Waals surface area contributed by atoms with Crippen LogP contribution in [0.1, 0.15) is 30.5 Å². The van der Waals surface area contributed by atoms with Crippen molar-refractivity contribution in [1.29, 1.82) is 0 Å². The van der Waals surface area contributed by atoms with E-state index in [1.165, 1.54) is 5.56 Å². The van der Waals surface area contributed by atoms with Crippen LogP contribution in [0.15, 0.2) is 42.5 Å². The van der Waals surface area contributed by atoms with Crippen molar-refractivity contribution in [3.63, 3.8) is 0 Å². The minimum atomic E-state index is -0.457. The molecule has 1 amide bonds. The molecule has 0 saturated heterocycles. The summed E-state index contributed by atoms with van der Waals surface area (Å²) in [5.41, 5.74) is 9.35. The largest absolute Gasteiger partial charge is 0.493 e. The maximum atomic E-state index is 11.8. The van der Waals surface area contributed by atoms with Crippen LogP contribution in [0.2, 0.25) is 0 Å². The fraction of sp³-hybridized carbons (Fsp3) is 0.360. The van der Waals surface area contributed by atoms with Gasteiger partial charge in [-0.3, -0.25) is 4.79 Å². The first-order valence-electron chi connectivity index (χ1n) is 10.6. The Morgan fingerprint density at radius 2 is 1.72 bits per heavy atom. The Morgan fingerprint density at radius 3 is 2.31 bits per heavy atom. The number of nitrogens with two attached hydrogens (primary N) is 1. The van der Waals surface area contributed by atoms with Crippen molar-refractivity contribution < 1.29 is 19.0 Å². The summed E-state index contributed by atoms with van der Waals surface area (Å²) in [6.45, 7) is 6.71. The van der Waals surface area contributed by atoms with Gasteiger partial charge in [-0.15, -0.1) is 0 Å². The first-order valence-corrected chi connectivity index (χ1v) is 10.6. The van der Waals surface area contributed by atoms with E-state index in [0.717, 1.165) is 22.0 Å². The Hall–Kier alpha value is -3.32. The molecule has 7 heteroatoms. The van der Waals surface area contributed by atoms with E-state index in [1.807, 2.05) is 63.2 Å². The Labute approximate surface area is 188 Å². The summed E-state index contributed by atoms with van der Waals surface area (Å²) in [6.07, 6.45) is 0. The van der Waals surface area contributed by atoms with Gasteiger partial charge in [-0.25, -0.2) is 4.98 Å². The van der Waals surface area contributed by atoms with E-state index < -0.39 is 6.04 Å². The average Bonchev–Trinajstić information content (AvgIpc) is 2.77. The standard InChI is InChI=1S/C25H31N3O4/c1-15(2)23(24(26)29)27-13-19-10-18-11-21(30-4)22(31-5)12-20(18)28-25(19)32-14-17-8-6-16(3)7-9-17/h6-12,15,23,27H,13-14H2,1-5H3,(H2,26,29)/t23-/m0/s1. The molecular formula is C25H31N3O4. The lowest BCUT2D eigenvalue weighted by atomic mass is 10.0. The Balaban J connectivity index is 1.96. The van der Waals surface area contributed by atoms with Crippen LogP contribution in [0.4, 0.5) is 0 Å². The van der Waals surface area contributed by atoms with Crippen LogP contribution in [0.5, 0.6) is 17.4 Å². The summed E-state index contributed by atoms with van der Waals surface area (Å²) >= 11 is 0. The van der Waals surface area contributed by atoms with Gasteiger partial charge in [0.25, 0.3) is 0 Å². The van der Waals surface area contributed by atoms with Gasteiger partial charge >= 0.3 is 0 Å². The van der Waals surface area contributed by atoms with Crippen LogP contribution in [0.25, 0.3) is 10.9 Å². The van der Waals surface area contributed by atoms with Crippen LogP contribution >= 0.6 is 0 Å². The molecule has 32 heavy (non-hydrogen) atoms. The molecule has 0 aliphatic rings. The van der Waals surface area contributed by atoms with Gasteiger partial charge < -0.3 is 25.3 Å². The lowest BCUT2D eigenvalue weighted by Gasteiger charge is -2.20. The van der Waals surface area contributed by atoms with Gasteiger partial charge in [-0.2, -0.15) is 0 Å². The molecule has 3 rings (SSSR count). The third-order valence-corrected chi connectivity index (χ3v) is 5.34. The fourth-order valence-corrected chi connectivity index (χ4v) is 3.50. The van der Waals surface area contributed by atoms with Crippen LogP contribution in [0, 0.1) is 12.8 Å².